The summed E-state index contributed by atoms with van der Waals surface area (Å²) in [4.78, 5) is 29.8. The lowest BCUT2D eigenvalue weighted by atomic mass is 10.1. The molecule has 268 valence electrons. The largest absolute Gasteiger partial charge is 0.470 e. The van der Waals surface area contributed by atoms with Crippen molar-refractivity contribution in [1.29, 1.82) is 0 Å². The Morgan fingerprint density at radius 1 is 0.708 bits per heavy atom. The second-order valence-electron chi connectivity index (χ2n) is 13.3. The van der Waals surface area contributed by atoms with Gasteiger partial charge in [0, 0.05) is 62.5 Å². The lowest BCUT2D eigenvalue weighted by Gasteiger charge is -2.27. The van der Waals surface area contributed by atoms with Gasteiger partial charge < -0.3 is 48.9 Å². The minimum atomic E-state index is -0.717. The molecule has 2 aromatic heterocycles. The van der Waals surface area contributed by atoms with E-state index in [1.807, 2.05) is 41.5 Å². The van der Waals surface area contributed by atoms with Crippen LogP contribution in [0.1, 0.15) is 41.5 Å². The van der Waals surface area contributed by atoms with E-state index < -0.39 is 24.1 Å². The van der Waals surface area contributed by atoms with E-state index in [-0.39, 0.29) is 24.3 Å². The number of hydrogen-bond donors (Lipinski definition) is 2. The average molecular weight is 713 g/mol. The van der Waals surface area contributed by atoms with E-state index in [1.165, 1.54) is 0 Å². The maximum atomic E-state index is 12.9. The highest BCUT2D eigenvalue weighted by atomic mass is 32.1. The standard InChI is InChI=1S/C30H48N8O8S2/c1-29(2,3)31-17-21(19-43-27-25(33-47-35-27)37-9-13-41-14-10-37)45-23(39)7-8-24(40)46-22(18-32-30(4,5)6)20-44-28-26(34-48-36-28)38-11-15-42-16-12-38/h7-8,21-22,31-32H,9-20H2,1-6H3/b8-7+/t21-,22-/m0/s1. The number of esters is 2. The summed E-state index contributed by atoms with van der Waals surface area (Å²) in [6.45, 7) is 17.9. The Balaban J connectivity index is 1.33. The Labute approximate surface area is 290 Å². The van der Waals surface area contributed by atoms with Crippen LogP contribution in [0.2, 0.25) is 0 Å². The van der Waals surface area contributed by atoms with Crippen LogP contribution in [0, 0.1) is 0 Å². The minimum absolute atomic E-state index is 0.0334. The monoisotopic (exact) mass is 712 g/mol. The van der Waals surface area contributed by atoms with E-state index in [4.69, 9.17) is 28.4 Å². The Hall–Kier alpha value is -3.16. The molecule has 0 amide bonds. The first-order valence-corrected chi connectivity index (χ1v) is 17.5. The molecule has 2 aliphatic heterocycles. The Morgan fingerprint density at radius 3 is 1.44 bits per heavy atom. The summed E-state index contributed by atoms with van der Waals surface area (Å²) in [7, 11) is 0. The zero-order chi connectivity index (χ0) is 34.6. The molecule has 16 nitrogen and oxygen atoms in total. The van der Waals surface area contributed by atoms with Crippen LogP contribution < -0.4 is 29.9 Å². The fourth-order valence-corrected chi connectivity index (χ4v) is 5.51. The van der Waals surface area contributed by atoms with E-state index in [9.17, 15) is 9.59 Å². The van der Waals surface area contributed by atoms with Crippen molar-refractivity contribution < 1.29 is 38.0 Å². The molecular weight excluding hydrogens is 665 g/mol. The van der Waals surface area contributed by atoms with Crippen LogP contribution in [0.3, 0.4) is 0 Å². The lowest BCUT2D eigenvalue weighted by molar-refractivity contribution is -0.147. The molecule has 2 fully saturated rings. The number of nitrogens with zero attached hydrogens (tertiary/aromatic N) is 6. The molecule has 18 heteroatoms. The zero-order valence-corrected chi connectivity index (χ0v) is 30.2. The SMILES string of the molecule is CC(C)(C)NC[C@@H](COc1nsnc1N1CCOCC1)OC(=O)/C=C/C(=O)O[C@@H](CNC(C)(C)C)COc1nsnc1N1CCOCC1. The first kappa shape index (κ1) is 37.7. The molecule has 0 bridgehead atoms. The first-order chi connectivity index (χ1) is 22.9. The van der Waals surface area contributed by atoms with Crippen LogP contribution in [-0.2, 0) is 28.5 Å². The molecule has 2 N–H and O–H groups in total. The van der Waals surface area contributed by atoms with E-state index in [2.05, 4.69) is 37.9 Å². The summed E-state index contributed by atoms with van der Waals surface area (Å²) >= 11 is 2.11. The van der Waals surface area contributed by atoms with Crippen LogP contribution >= 0.6 is 23.5 Å². The fraction of sp³-hybridized carbons (Fsp3) is 0.733. The Kier molecular flexibility index (Phi) is 14.1. The number of carbonyl (C=O) groups is 2. The van der Waals surface area contributed by atoms with Crippen molar-refractivity contribution in [2.45, 2.75) is 64.8 Å². The van der Waals surface area contributed by atoms with Crippen molar-refractivity contribution in [3.8, 4) is 11.8 Å². The maximum Gasteiger partial charge on any atom is 0.331 e. The summed E-state index contributed by atoms with van der Waals surface area (Å²) in [6.07, 6.45) is 0.736. The van der Waals surface area contributed by atoms with E-state index >= 15 is 0 Å². The van der Waals surface area contributed by atoms with E-state index in [0.29, 0.717) is 89.1 Å². The molecule has 0 aliphatic carbocycles. The van der Waals surface area contributed by atoms with Gasteiger partial charge in [0.1, 0.15) is 25.4 Å². The van der Waals surface area contributed by atoms with Gasteiger partial charge in [-0.25, -0.2) is 9.59 Å². The fourth-order valence-electron chi connectivity index (χ4n) is 4.47. The van der Waals surface area contributed by atoms with Gasteiger partial charge in [-0.3, -0.25) is 0 Å². The summed E-state index contributed by atoms with van der Waals surface area (Å²) in [5, 5.41) is 6.66. The predicted octanol–water partition coefficient (Wildman–Crippen LogP) is 1.68. The Morgan fingerprint density at radius 2 is 1.08 bits per heavy atom. The molecule has 2 saturated heterocycles. The van der Waals surface area contributed by atoms with Gasteiger partial charge in [-0.2, -0.15) is 8.75 Å². The molecule has 4 rings (SSSR count). The van der Waals surface area contributed by atoms with Crippen molar-refractivity contribution in [1.82, 2.24) is 28.1 Å². The van der Waals surface area contributed by atoms with Gasteiger partial charge in [0.05, 0.1) is 49.9 Å². The van der Waals surface area contributed by atoms with Gasteiger partial charge in [0.25, 0.3) is 11.8 Å². The molecular formula is C30H48N8O8S2. The van der Waals surface area contributed by atoms with Crippen LogP contribution in [0.5, 0.6) is 11.8 Å². The number of nitrogens with one attached hydrogen (secondary N) is 2. The molecule has 2 aromatic rings. The molecule has 0 spiro atoms. The minimum Gasteiger partial charge on any atom is -0.470 e. The molecule has 2 aliphatic rings. The molecule has 0 saturated carbocycles. The normalized spacial score (nSPS) is 17.3. The van der Waals surface area contributed by atoms with Crippen LogP contribution in [0.25, 0.3) is 0 Å². The molecule has 4 heterocycles. The van der Waals surface area contributed by atoms with Crippen LogP contribution in [-0.4, -0.2) is 132 Å². The third kappa shape index (κ3) is 13.0. The highest BCUT2D eigenvalue weighted by Crippen LogP contribution is 2.27. The second-order valence-corrected chi connectivity index (χ2v) is 14.4. The summed E-state index contributed by atoms with van der Waals surface area (Å²) in [6, 6.07) is 0. The first-order valence-electron chi connectivity index (χ1n) is 16.0. The van der Waals surface area contributed by atoms with Crippen molar-refractivity contribution in [3.05, 3.63) is 12.2 Å². The summed E-state index contributed by atoms with van der Waals surface area (Å²) in [5.41, 5.74) is -0.470. The number of ether oxygens (including phenoxy) is 6. The highest BCUT2D eigenvalue weighted by molar-refractivity contribution is 6.99. The molecule has 0 unspecified atom stereocenters. The quantitative estimate of drug-likeness (QED) is 0.190. The van der Waals surface area contributed by atoms with Crippen molar-refractivity contribution in [2.75, 3.05) is 88.7 Å². The third-order valence-corrected chi connectivity index (χ3v) is 7.96. The Bertz CT molecular complexity index is 1220. The smallest absolute Gasteiger partial charge is 0.331 e. The van der Waals surface area contributed by atoms with Crippen molar-refractivity contribution >= 4 is 47.0 Å². The second kappa shape index (κ2) is 18.0. The molecule has 2 atom stereocenters. The van der Waals surface area contributed by atoms with Crippen molar-refractivity contribution in [2.24, 2.45) is 0 Å². The number of hydrogen-bond acceptors (Lipinski definition) is 18. The number of aromatic nitrogens is 4. The number of anilines is 2. The van der Waals surface area contributed by atoms with Gasteiger partial charge in [0.2, 0.25) is 11.6 Å². The highest BCUT2D eigenvalue weighted by Gasteiger charge is 2.25. The van der Waals surface area contributed by atoms with Crippen LogP contribution in [0.15, 0.2) is 12.2 Å². The summed E-state index contributed by atoms with van der Waals surface area (Å²) < 4.78 is 51.5. The number of rotatable bonds is 16. The van der Waals surface area contributed by atoms with Crippen LogP contribution in [0.4, 0.5) is 11.6 Å². The molecule has 0 aromatic carbocycles. The van der Waals surface area contributed by atoms with E-state index in [0.717, 1.165) is 35.6 Å². The topological polar surface area (TPSA) is 172 Å². The number of morpholine rings is 2. The molecule has 48 heavy (non-hydrogen) atoms. The number of carbonyl (C=O) groups excluding carboxylic acids is 2. The predicted molar refractivity (Wildman–Crippen MR) is 181 cm³/mol. The zero-order valence-electron chi connectivity index (χ0n) is 28.6. The average Bonchev–Trinajstić information content (AvgIpc) is 3.72. The lowest BCUT2D eigenvalue weighted by Crippen LogP contribution is -2.44. The molecule has 0 radical (unpaired) electrons. The summed E-state index contributed by atoms with van der Waals surface area (Å²) in [5.74, 6) is 0.599. The van der Waals surface area contributed by atoms with Gasteiger partial charge in [-0.1, -0.05) is 0 Å². The van der Waals surface area contributed by atoms with Gasteiger partial charge in [-0.15, -0.1) is 8.75 Å². The maximum absolute atomic E-state index is 12.9. The van der Waals surface area contributed by atoms with Gasteiger partial charge in [0.15, 0.2) is 0 Å². The van der Waals surface area contributed by atoms with E-state index in [1.54, 1.807) is 0 Å². The van der Waals surface area contributed by atoms with Crippen molar-refractivity contribution in [3.63, 3.8) is 0 Å². The van der Waals surface area contributed by atoms with Gasteiger partial charge >= 0.3 is 11.9 Å². The third-order valence-electron chi connectivity index (χ3n) is 6.96. The van der Waals surface area contributed by atoms with Gasteiger partial charge in [-0.05, 0) is 41.5 Å².